The Hall–Kier alpha value is -2.88. The maximum atomic E-state index is 12.1. The van der Waals surface area contributed by atoms with Gasteiger partial charge in [-0.15, -0.1) is 0 Å². The molecule has 3 rings (SSSR count). The summed E-state index contributed by atoms with van der Waals surface area (Å²) in [6.45, 7) is 3.13. The second-order valence-electron chi connectivity index (χ2n) is 5.37. The van der Waals surface area contributed by atoms with Crippen LogP contribution in [0.25, 0.3) is 11.2 Å². The first-order chi connectivity index (χ1) is 11.9. The maximum absolute atomic E-state index is 12.1. The Morgan fingerprint density at radius 2 is 2.12 bits per heavy atom. The number of H-pyrrole nitrogens is 1. The van der Waals surface area contributed by atoms with Gasteiger partial charge in [-0.05, 0) is 19.9 Å². The molecule has 25 heavy (non-hydrogen) atoms. The van der Waals surface area contributed by atoms with Crippen molar-refractivity contribution in [2.45, 2.75) is 24.8 Å². The zero-order chi connectivity index (χ0) is 18.1. The highest BCUT2D eigenvalue weighted by atomic mass is 32.2. The van der Waals surface area contributed by atoms with E-state index in [0.29, 0.717) is 38.2 Å². The fourth-order valence-electron chi connectivity index (χ4n) is 2.54. The zero-order valence-corrected chi connectivity index (χ0v) is 14.6. The van der Waals surface area contributed by atoms with E-state index in [4.69, 9.17) is 4.74 Å². The lowest BCUT2D eigenvalue weighted by atomic mass is 10.1. The van der Waals surface area contributed by atoms with Crippen LogP contribution in [0.5, 0.6) is 5.88 Å². The van der Waals surface area contributed by atoms with Crippen molar-refractivity contribution in [1.82, 2.24) is 15.0 Å². The van der Waals surface area contributed by atoms with Crippen molar-refractivity contribution in [3.05, 3.63) is 50.5 Å². The van der Waals surface area contributed by atoms with Gasteiger partial charge in [-0.25, -0.2) is 4.98 Å². The van der Waals surface area contributed by atoms with Crippen LogP contribution >= 0.6 is 11.8 Å². The first kappa shape index (κ1) is 17.0. The monoisotopic (exact) mass is 361 g/mol. The number of imidazole rings is 1. The first-order valence-electron chi connectivity index (χ1n) is 7.31. The summed E-state index contributed by atoms with van der Waals surface area (Å²) in [4.78, 5) is 22.4. The van der Waals surface area contributed by atoms with Crippen LogP contribution in [0.1, 0.15) is 16.8 Å². The molecule has 0 aromatic carbocycles. The first-order valence-corrected chi connectivity index (χ1v) is 8.29. The van der Waals surface area contributed by atoms with Gasteiger partial charge in [-0.3, -0.25) is 10.1 Å². The second-order valence-corrected chi connectivity index (χ2v) is 6.33. The van der Waals surface area contributed by atoms with Crippen LogP contribution < -0.4 is 9.47 Å². The Kier molecular flexibility index (Phi) is 4.45. The predicted octanol–water partition coefficient (Wildman–Crippen LogP) is 2.42. The highest BCUT2D eigenvalue weighted by Crippen LogP contribution is 2.28. The van der Waals surface area contributed by atoms with Crippen LogP contribution in [-0.2, 0) is 5.75 Å². The van der Waals surface area contributed by atoms with Gasteiger partial charge < -0.3 is 14.9 Å². The second kappa shape index (κ2) is 6.55. The van der Waals surface area contributed by atoms with Gasteiger partial charge in [0.2, 0.25) is 11.6 Å². The van der Waals surface area contributed by atoms with Gasteiger partial charge >= 0.3 is 0 Å². The van der Waals surface area contributed by atoms with Gasteiger partial charge in [0.15, 0.2) is 17.0 Å². The third-order valence-corrected chi connectivity index (χ3v) is 4.66. The third-order valence-electron chi connectivity index (χ3n) is 3.77. The smallest absolute Gasteiger partial charge is 0.287 e. The van der Waals surface area contributed by atoms with E-state index in [1.165, 1.54) is 25.1 Å². The van der Waals surface area contributed by atoms with Gasteiger partial charge in [-0.1, -0.05) is 11.8 Å². The average molecular weight is 361 g/mol. The third kappa shape index (κ3) is 3.20. The number of pyridine rings is 2. The number of nitrogens with zero attached hydrogens (tertiary/aromatic N) is 4. The number of aromatic nitrogens is 4. The summed E-state index contributed by atoms with van der Waals surface area (Å²) in [5.41, 5.74) is 2.25. The van der Waals surface area contributed by atoms with Crippen molar-refractivity contribution in [3.8, 4) is 5.88 Å². The number of aryl methyl sites for hydroxylation is 1. The van der Waals surface area contributed by atoms with E-state index in [2.05, 4.69) is 15.0 Å². The van der Waals surface area contributed by atoms with Gasteiger partial charge in [0, 0.05) is 6.07 Å². The molecule has 0 saturated carbocycles. The highest BCUT2D eigenvalue weighted by molar-refractivity contribution is 7.98. The molecule has 0 aliphatic rings. The minimum atomic E-state index is -0.462. The molecule has 0 saturated heterocycles. The molecule has 0 atom stereocenters. The largest absolute Gasteiger partial charge is 0.618 e. The number of aromatic amines is 1. The van der Waals surface area contributed by atoms with Crippen molar-refractivity contribution in [1.29, 1.82) is 0 Å². The van der Waals surface area contributed by atoms with E-state index in [9.17, 15) is 15.3 Å². The Morgan fingerprint density at radius 1 is 1.36 bits per heavy atom. The van der Waals surface area contributed by atoms with E-state index in [1.807, 2.05) is 0 Å². The number of hydrogen-bond acceptors (Lipinski definition) is 7. The van der Waals surface area contributed by atoms with Gasteiger partial charge in [0.25, 0.3) is 5.69 Å². The molecule has 0 spiro atoms. The molecule has 0 fully saturated rings. The normalized spacial score (nSPS) is 11.0. The molecule has 3 aromatic heterocycles. The van der Waals surface area contributed by atoms with Crippen molar-refractivity contribution in [2.24, 2.45) is 0 Å². The van der Waals surface area contributed by atoms with Crippen LogP contribution in [0.15, 0.2) is 23.5 Å². The zero-order valence-electron chi connectivity index (χ0n) is 13.8. The van der Waals surface area contributed by atoms with Gasteiger partial charge in [0.05, 0.1) is 34.4 Å². The van der Waals surface area contributed by atoms with Gasteiger partial charge in [0.1, 0.15) is 0 Å². The summed E-state index contributed by atoms with van der Waals surface area (Å²) in [6.07, 6.45) is 1.23. The number of thioether (sulfide) groups is 1. The molecule has 1 N–H and O–H groups in total. The summed E-state index contributed by atoms with van der Waals surface area (Å²) in [6, 6.07) is 3.52. The summed E-state index contributed by atoms with van der Waals surface area (Å²) in [5.74, 6) is 0.700. The fraction of sp³-hybridized carbons (Fsp3) is 0.267. The molecule has 0 aliphatic carbocycles. The number of fused-ring (bicyclic) bond motifs is 1. The van der Waals surface area contributed by atoms with Crippen molar-refractivity contribution in [3.63, 3.8) is 0 Å². The molecule has 9 nitrogen and oxygen atoms in total. The van der Waals surface area contributed by atoms with E-state index in [0.717, 1.165) is 5.52 Å². The molecule has 130 valence electrons. The van der Waals surface area contributed by atoms with E-state index < -0.39 is 4.92 Å². The number of nitro groups is 1. The van der Waals surface area contributed by atoms with Crippen LogP contribution in [0, 0.1) is 29.2 Å². The van der Waals surface area contributed by atoms with Crippen LogP contribution in [-0.4, -0.2) is 27.0 Å². The standard InChI is InChI=1S/C15H15N5O4S/c1-8-6-19(21)11(9(2)13(8)20(22)23)7-25-15-16-10-4-5-12(24-3)17-14(10)18-15/h4-6H,7H2,1-3H3,(H,16,17,18). The van der Waals surface area contributed by atoms with Crippen molar-refractivity contribution < 1.29 is 14.4 Å². The molecule has 3 aromatic rings. The summed E-state index contributed by atoms with van der Waals surface area (Å²) in [7, 11) is 1.52. The minimum absolute atomic E-state index is 0.0290. The average Bonchev–Trinajstić information content (AvgIpc) is 2.95. The number of rotatable bonds is 5. The molecule has 0 aliphatic heterocycles. The molecule has 0 bridgehead atoms. The lowest BCUT2D eigenvalue weighted by molar-refractivity contribution is -0.614. The predicted molar refractivity (Wildman–Crippen MR) is 91.5 cm³/mol. The van der Waals surface area contributed by atoms with Crippen LogP contribution in [0.2, 0.25) is 0 Å². The van der Waals surface area contributed by atoms with E-state index in [-0.39, 0.29) is 11.4 Å². The summed E-state index contributed by atoms with van der Waals surface area (Å²) >= 11 is 1.28. The Balaban J connectivity index is 1.89. The molecule has 0 amide bonds. The van der Waals surface area contributed by atoms with Crippen molar-refractivity contribution >= 4 is 28.6 Å². The fourth-order valence-corrected chi connectivity index (χ4v) is 3.49. The lowest BCUT2D eigenvalue weighted by Gasteiger charge is -2.08. The number of methoxy groups -OCH3 is 1. The topological polar surface area (TPSA) is 121 Å². The lowest BCUT2D eigenvalue weighted by Crippen LogP contribution is -2.33. The molecule has 0 radical (unpaired) electrons. The van der Waals surface area contributed by atoms with Crippen molar-refractivity contribution in [2.75, 3.05) is 7.11 Å². The molecule has 10 heteroatoms. The molecule has 0 unspecified atom stereocenters. The number of hydrogen-bond donors (Lipinski definition) is 1. The number of ether oxygens (including phenoxy) is 1. The number of nitrogens with one attached hydrogen (secondary N) is 1. The molecular weight excluding hydrogens is 346 g/mol. The molecule has 3 heterocycles. The maximum Gasteiger partial charge on any atom is 0.287 e. The highest BCUT2D eigenvalue weighted by Gasteiger charge is 2.25. The van der Waals surface area contributed by atoms with E-state index in [1.54, 1.807) is 26.0 Å². The van der Waals surface area contributed by atoms with Gasteiger partial charge in [-0.2, -0.15) is 9.71 Å². The summed E-state index contributed by atoms with van der Waals surface area (Å²) < 4.78 is 5.73. The SMILES string of the molecule is COc1ccc2[nH]c(SCc3c(C)c([N+](=O)[O-])c(C)c[n+]3[O-])nc2n1. The van der Waals surface area contributed by atoms with Crippen LogP contribution in [0.4, 0.5) is 5.69 Å². The Morgan fingerprint density at radius 3 is 2.80 bits per heavy atom. The Bertz CT molecular complexity index is 972. The molecular formula is C15H15N5O4S. The van der Waals surface area contributed by atoms with E-state index >= 15 is 0 Å². The Labute approximate surface area is 146 Å². The van der Waals surface area contributed by atoms with Crippen LogP contribution in [0.3, 0.4) is 0 Å². The quantitative estimate of drug-likeness (QED) is 0.243. The minimum Gasteiger partial charge on any atom is -0.618 e. The summed E-state index contributed by atoms with van der Waals surface area (Å²) in [5, 5.41) is 23.9.